The second-order valence-electron chi connectivity index (χ2n) is 9.84. The third-order valence-electron chi connectivity index (χ3n) is 6.57. The molecule has 0 aliphatic heterocycles. The zero-order chi connectivity index (χ0) is 28.6. The van der Waals surface area contributed by atoms with Crippen LogP contribution in [0.4, 0.5) is 21.0 Å². The van der Waals surface area contributed by atoms with Crippen LogP contribution in [-0.2, 0) is 28.9 Å². The zero-order valence-corrected chi connectivity index (χ0v) is 24.0. The fourth-order valence-electron chi connectivity index (χ4n) is 4.29. The monoisotopic (exact) mass is 546 g/mol. The number of hydrogen-bond donors (Lipinski definition) is 2. The molecule has 0 radical (unpaired) electrons. The maximum absolute atomic E-state index is 12.4. The van der Waals surface area contributed by atoms with Gasteiger partial charge in [0.15, 0.2) is 0 Å². The van der Waals surface area contributed by atoms with E-state index in [1.54, 1.807) is 0 Å². The Hall–Kier alpha value is -4.00. The molecule has 7 heteroatoms. The highest BCUT2D eigenvalue weighted by molar-refractivity contribution is 5.85. The van der Waals surface area contributed by atoms with E-state index in [-0.39, 0.29) is 6.61 Å². The Morgan fingerprint density at radius 1 is 0.675 bits per heavy atom. The molecule has 0 saturated heterocycles. The lowest BCUT2D eigenvalue weighted by Gasteiger charge is -2.12. The molecule has 40 heavy (non-hydrogen) atoms. The van der Waals surface area contributed by atoms with Crippen molar-refractivity contribution in [1.82, 2.24) is 0 Å². The van der Waals surface area contributed by atoms with Gasteiger partial charge in [-0.1, -0.05) is 76.3 Å². The molecule has 3 aromatic carbocycles. The first kappa shape index (κ1) is 30.5. The summed E-state index contributed by atoms with van der Waals surface area (Å²) in [5.74, 6) is 0.830. The summed E-state index contributed by atoms with van der Waals surface area (Å²) in [6, 6.07) is 21.3. The van der Waals surface area contributed by atoms with Gasteiger partial charge >= 0.3 is 12.2 Å². The molecule has 0 fully saturated rings. The number of rotatable bonds is 15. The molecular formula is C33H42N2O5. The SMILES string of the molecule is CCCCCCCCOc1cc(CC)cc(COC(=O)Nc2ccc(Cc3ccc(NC(=O)OC)cc3)cc2)c1. The number of carbonyl (C=O) groups is 2. The number of amides is 2. The predicted octanol–water partition coefficient (Wildman–Crippen LogP) is 8.51. The topological polar surface area (TPSA) is 85.9 Å². The quantitative estimate of drug-likeness (QED) is 0.187. The van der Waals surface area contributed by atoms with Crippen molar-refractivity contribution < 1.29 is 23.8 Å². The number of aryl methyl sites for hydroxylation is 1. The minimum atomic E-state index is -0.502. The van der Waals surface area contributed by atoms with E-state index in [4.69, 9.17) is 9.47 Å². The second kappa shape index (κ2) is 16.9. The van der Waals surface area contributed by atoms with Gasteiger partial charge in [0.05, 0.1) is 13.7 Å². The minimum Gasteiger partial charge on any atom is -0.494 e. The van der Waals surface area contributed by atoms with Crippen molar-refractivity contribution in [2.75, 3.05) is 24.4 Å². The molecule has 0 aliphatic rings. The van der Waals surface area contributed by atoms with Gasteiger partial charge in [0.25, 0.3) is 0 Å². The lowest BCUT2D eigenvalue weighted by molar-refractivity contribution is 0.155. The van der Waals surface area contributed by atoms with E-state index in [1.807, 2.05) is 54.6 Å². The average Bonchev–Trinajstić information content (AvgIpc) is 2.97. The zero-order valence-electron chi connectivity index (χ0n) is 24.0. The smallest absolute Gasteiger partial charge is 0.411 e. The summed E-state index contributed by atoms with van der Waals surface area (Å²) in [4.78, 5) is 23.8. The molecule has 0 unspecified atom stereocenters. The molecule has 7 nitrogen and oxygen atoms in total. The van der Waals surface area contributed by atoms with Crippen molar-refractivity contribution in [1.29, 1.82) is 0 Å². The number of unbranched alkanes of at least 4 members (excludes halogenated alkanes) is 5. The summed E-state index contributed by atoms with van der Waals surface area (Å²) in [6.45, 7) is 5.20. The number of hydrogen-bond acceptors (Lipinski definition) is 5. The van der Waals surface area contributed by atoms with Crippen LogP contribution in [0.25, 0.3) is 0 Å². The van der Waals surface area contributed by atoms with E-state index in [0.29, 0.717) is 18.0 Å². The van der Waals surface area contributed by atoms with E-state index in [0.717, 1.165) is 47.3 Å². The van der Waals surface area contributed by atoms with Crippen LogP contribution in [0.15, 0.2) is 66.7 Å². The number of benzene rings is 3. The first-order valence-corrected chi connectivity index (χ1v) is 14.2. The molecule has 2 amide bonds. The Kier molecular flexibility index (Phi) is 12.9. The molecule has 0 aliphatic carbocycles. The first-order valence-electron chi connectivity index (χ1n) is 14.2. The highest BCUT2D eigenvalue weighted by Crippen LogP contribution is 2.20. The summed E-state index contributed by atoms with van der Waals surface area (Å²) >= 11 is 0. The van der Waals surface area contributed by atoms with Gasteiger partial charge in [0.2, 0.25) is 0 Å². The van der Waals surface area contributed by atoms with Crippen LogP contribution in [0.3, 0.4) is 0 Å². The maximum Gasteiger partial charge on any atom is 0.411 e. The summed E-state index contributed by atoms with van der Waals surface area (Å²) in [5.41, 5.74) is 5.60. The first-order chi connectivity index (χ1) is 19.5. The van der Waals surface area contributed by atoms with Crippen LogP contribution in [0.1, 0.15) is 74.6 Å². The van der Waals surface area contributed by atoms with Crippen LogP contribution >= 0.6 is 0 Å². The Bertz CT molecular complexity index is 1190. The number of carbonyl (C=O) groups excluding carboxylic acids is 2. The molecule has 214 valence electrons. The molecule has 2 N–H and O–H groups in total. The lowest BCUT2D eigenvalue weighted by Crippen LogP contribution is -2.13. The highest BCUT2D eigenvalue weighted by Gasteiger charge is 2.08. The fraction of sp³-hybridized carbons (Fsp3) is 0.394. The molecule has 0 saturated carbocycles. The van der Waals surface area contributed by atoms with Gasteiger partial charge in [0, 0.05) is 11.4 Å². The van der Waals surface area contributed by atoms with Crippen molar-refractivity contribution in [2.24, 2.45) is 0 Å². The van der Waals surface area contributed by atoms with Crippen molar-refractivity contribution in [3.8, 4) is 5.75 Å². The molecule has 3 rings (SSSR count). The van der Waals surface area contributed by atoms with Gasteiger partial charge in [-0.05, 0) is 77.9 Å². The standard InChI is InChI=1S/C33H42N2O5/c1-4-6-7-8-9-10-19-39-31-22-25(5-2)20-28(23-31)24-40-33(37)35-30-17-13-27(14-18-30)21-26-11-15-29(16-12-26)34-32(36)38-3/h11-18,20,22-23H,4-10,19,21,24H2,1-3H3,(H,34,36)(H,35,37). The van der Waals surface area contributed by atoms with E-state index in [9.17, 15) is 9.59 Å². The molecular weight excluding hydrogens is 504 g/mol. The number of anilines is 2. The lowest BCUT2D eigenvalue weighted by atomic mass is 10.0. The second-order valence-corrected chi connectivity index (χ2v) is 9.84. The minimum absolute atomic E-state index is 0.173. The van der Waals surface area contributed by atoms with Crippen molar-refractivity contribution in [3.05, 3.63) is 89.0 Å². The summed E-state index contributed by atoms with van der Waals surface area (Å²) in [6.07, 6.45) is 7.95. The van der Waals surface area contributed by atoms with E-state index in [2.05, 4.69) is 41.4 Å². The van der Waals surface area contributed by atoms with E-state index in [1.165, 1.54) is 39.2 Å². The number of nitrogens with one attached hydrogen (secondary N) is 2. The molecule has 0 spiro atoms. The van der Waals surface area contributed by atoms with Crippen molar-refractivity contribution in [2.45, 2.75) is 71.8 Å². The van der Waals surface area contributed by atoms with Gasteiger partial charge in [-0.15, -0.1) is 0 Å². The summed E-state index contributed by atoms with van der Waals surface area (Å²) in [7, 11) is 1.33. The Morgan fingerprint density at radius 2 is 1.25 bits per heavy atom. The molecule has 3 aromatic rings. The third kappa shape index (κ3) is 11.0. The molecule has 0 atom stereocenters. The molecule has 0 aromatic heterocycles. The molecule has 0 bridgehead atoms. The largest absolute Gasteiger partial charge is 0.494 e. The molecule has 0 heterocycles. The van der Waals surface area contributed by atoms with Gasteiger partial charge in [0.1, 0.15) is 12.4 Å². The predicted molar refractivity (Wildman–Crippen MR) is 160 cm³/mol. The van der Waals surface area contributed by atoms with Gasteiger partial charge in [-0.3, -0.25) is 10.6 Å². The van der Waals surface area contributed by atoms with Crippen LogP contribution in [0, 0.1) is 0 Å². The Balaban J connectivity index is 1.44. The normalized spacial score (nSPS) is 10.6. The number of ether oxygens (including phenoxy) is 3. The fourth-order valence-corrected chi connectivity index (χ4v) is 4.29. The van der Waals surface area contributed by atoms with Crippen LogP contribution in [-0.4, -0.2) is 25.9 Å². The summed E-state index contributed by atoms with van der Waals surface area (Å²) < 4.78 is 16.1. The van der Waals surface area contributed by atoms with Crippen LogP contribution in [0.5, 0.6) is 5.75 Å². The maximum atomic E-state index is 12.4. The van der Waals surface area contributed by atoms with E-state index < -0.39 is 12.2 Å². The Labute approximate surface area is 238 Å². The Morgan fingerprint density at radius 3 is 1.85 bits per heavy atom. The highest BCUT2D eigenvalue weighted by atomic mass is 16.5. The van der Waals surface area contributed by atoms with Gasteiger partial charge in [-0.25, -0.2) is 9.59 Å². The van der Waals surface area contributed by atoms with Crippen LogP contribution in [0.2, 0.25) is 0 Å². The number of methoxy groups -OCH3 is 1. The van der Waals surface area contributed by atoms with Gasteiger partial charge < -0.3 is 14.2 Å². The third-order valence-corrected chi connectivity index (χ3v) is 6.57. The van der Waals surface area contributed by atoms with Gasteiger partial charge in [-0.2, -0.15) is 0 Å². The van der Waals surface area contributed by atoms with Crippen molar-refractivity contribution in [3.63, 3.8) is 0 Å². The van der Waals surface area contributed by atoms with Crippen molar-refractivity contribution >= 4 is 23.6 Å². The summed E-state index contributed by atoms with van der Waals surface area (Å²) in [5, 5.41) is 5.43. The average molecular weight is 547 g/mol. The van der Waals surface area contributed by atoms with Crippen LogP contribution < -0.4 is 15.4 Å². The van der Waals surface area contributed by atoms with E-state index >= 15 is 0 Å².